The Morgan fingerprint density at radius 3 is 2.79 bits per heavy atom. The second-order valence-electron chi connectivity index (χ2n) is 7.79. The van der Waals surface area contributed by atoms with E-state index >= 15 is 0 Å². The van der Waals surface area contributed by atoms with Crippen molar-refractivity contribution in [2.24, 2.45) is 0 Å². The van der Waals surface area contributed by atoms with Crippen LogP contribution in [-0.4, -0.2) is 48.9 Å². The van der Waals surface area contributed by atoms with Gasteiger partial charge in [-0.3, -0.25) is 4.79 Å². The van der Waals surface area contributed by atoms with Gasteiger partial charge in [-0.25, -0.2) is 19.7 Å². The highest BCUT2D eigenvalue weighted by molar-refractivity contribution is 5.95. The minimum atomic E-state index is -0.723. The Bertz CT molecular complexity index is 1300. The minimum absolute atomic E-state index is 0.194. The van der Waals surface area contributed by atoms with Gasteiger partial charge in [0.1, 0.15) is 17.9 Å². The monoisotopic (exact) mass is 446 g/mol. The van der Waals surface area contributed by atoms with Gasteiger partial charge in [0, 0.05) is 19.5 Å². The van der Waals surface area contributed by atoms with Crippen molar-refractivity contribution in [2.75, 3.05) is 12.3 Å². The average molecular weight is 446 g/mol. The largest absolute Gasteiger partial charge is 0.464 e. The van der Waals surface area contributed by atoms with Crippen LogP contribution in [0.1, 0.15) is 28.1 Å². The average Bonchev–Trinajstić information content (AvgIpc) is 3.52. The first-order chi connectivity index (χ1) is 16.1. The molecule has 0 radical (unpaired) electrons. The Hall–Kier alpha value is -4.21. The maximum atomic E-state index is 13.0. The van der Waals surface area contributed by atoms with Crippen LogP contribution in [0.3, 0.4) is 0 Å². The van der Waals surface area contributed by atoms with Crippen molar-refractivity contribution in [2.45, 2.75) is 32.0 Å². The molecule has 2 N–H and O–H groups in total. The molecule has 0 saturated heterocycles. The molecule has 1 aromatic carbocycles. The summed E-state index contributed by atoms with van der Waals surface area (Å²) in [6, 6.07) is 10.3. The molecule has 1 amide bonds. The van der Waals surface area contributed by atoms with E-state index in [9.17, 15) is 9.59 Å². The van der Waals surface area contributed by atoms with Crippen LogP contribution in [0.4, 0.5) is 5.82 Å². The topological polar surface area (TPSA) is 129 Å². The SMILES string of the molecule is Nc1ncnc2c1ncn2CCCOC(=O)[C@@H]1Cc2ccccc2CN1C(=O)c1ccco1. The van der Waals surface area contributed by atoms with Crippen LogP contribution in [0.25, 0.3) is 11.2 Å². The number of imidazole rings is 1. The summed E-state index contributed by atoms with van der Waals surface area (Å²) in [5.74, 6) is -0.255. The smallest absolute Gasteiger partial charge is 0.329 e. The molecule has 5 rings (SSSR count). The lowest BCUT2D eigenvalue weighted by Crippen LogP contribution is -2.49. The van der Waals surface area contributed by atoms with Gasteiger partial charge in [-0.15, -0.1) is 0 Å². The number of carbonyl (C=O) groups is 2. The summed E-state index contributed by atoms with van der Waals surface area (Å²) in [5.41, 5.74) is 9.04. The number of hydrogen-bond donors (Lipinski definition) is 1. The number of nitrogen functional groups attached to an aromatic ring is 1. The normalized spacial score (nSPS) is 15.4. The van der Waals surface area contributed by atoms with Crippen LogP contribution in [0.5, 0.6) is 0 Å². The number of nitrogens with two attached hydrogens (primary N) is 1. The van der Waals surface area contributed by atoms with Crippen molar-refractivity contribution in [1.82, 2.24) is 24.4 Å². The number of fused-ring (bicyclic) bond motifs is 2. The number of anilines is 1. The number of aryl methyl sites for hydroxylation is 1. The Balaban J connectivity index is 1.25. The van der Waals surface area contributed by atoms with Crippen molar-refractivity contribution in [3.8, 4) is 0 Å². The number of rotatable bonds is 6. The van der Waals surface area contributed by atoms with Crippen LogP contribution < -0.4 is 5.73 Å². The molecule has 168 valence electrons. The van der Waals surface area contributed by atoms with Crippen molar-refractivity contribution in [3.63, 3.8) is 0 Å². The molecule has 10 nitrogen and oxygen atoms in total. The molecule has 1 aliphatic heterocycles. The lowest BCUT2D eigenvalue weighted by atomic mass is 9.93. The lowest BCUT2D eigenvalue weighted by molar-refractivity contribution is -0.149. The van der Waals surface area contributed by atoms with E-state index in [1.54, 1.807) is 18.5 Å². The maximum absolute atomic E-state index is 13.0. The fourth-order valence-corrected chi connectivity index (χ4v) is 4.06. The molecule has 1 atom stereocenters. The summed E-state index contributed by atoms with van der Waals surface area (Å²) in [6.07, 6.45) is 5.41. The van der Waals surface area contributed by atoms with Crippen LogP contribution in [0.2, 0.25) is 0 Å². The third-order valence-electron chi connectivity index (χ3n) is 5.73. The quantitative estimate of drug-likeness (QED) is 0.352. The summed E-state index contributed by atoms with van der Waals surface area (Å²) in [4.78, 5) is 39.9. The molecule has 0 saturated carbocycles. The summed E-state index contributed by atoms with van der Waals surface area (Å²) in [7, 11) is 0. The number of ether oxygens (including phenoxy) is 1. The van der Waals surface area contributed by atoms with Crippen molar-refractivity contribution in [1.29, 1.82) is 0 Å². The van der Waals surface area contributed by atoms with E-state index in [4.69, 9.17) is 14.9 Å². The van der Waals surface area contributed by atoms with Gasteiger partial charge in [-0.1, -0.05) is 24.3 Å². The van der Waals surface area contributed by atoms with Gasteiger partial charge in [0.15, 0.2) is 17.2 Å². The summed E-state index contributed by atoms with van der Waals surface area (Å²) in [6.45, 7) is 1.06. The highest BCUT2D eigenvalue weighted by atomic mass is 16.5. The number of nitrogens with zero attached hydrogens (tertiary/aromatic N) is 5. The first kappa shape index (κ1) is 20.7. The predicted octanol–water partition coefficient (Wildman–Crippen LogP) is 2.20. The Kier molecular flexibility index (Phi) is 5.47. The van der Waals surface area contributed by atoms with E-state index in [1.807, 2.05) is 28.8 Å². The Morgan fingerprint density at radius 2 is 1.97 bits per heavy atom. The van der Waals surface area contributed by atoms with Gasteiger partial charge in [0.05, 0.1) is 19.2 Å². The molecular formula is C23H22N6O4. The molecule has 4 heterocycles. The summed E-state index contributed by atoms with van der Waals surface area (Å²) >= 11 is 0. The molecule has 0 spiro atoms. The highest BCUT2D eigenvalue weighted by Crippen LogP contribution is 2.26. The van der Waals surface area contributed by atoms with E-state index in [1.165, 1.54) is 17.5 Å². The van der Waals surface area contributed by atoms with E-state index in [0.29, 0.717) is 42.9 Å². The van der Waals surface area contributed by atoms with E-state index in [2.05, 4.69) is 15.0 Å². The molecule has 33 heavy (non-hydrogen) atoms. The van der Waals surface area contributed by atoms with E-state index < -0.39 is 12.0 Å². The first-order valence-electron chi connectivity index (χ1n) is 10.6. The predicted molar refractivity (Wildman–Crippen MR) is 118 cm³/mol. The van der Waals surface area contributed by atoms with Gasteiger partial charge in [-0.2, -0.15) is 0 Å². The van der Waals surface area contributed by atoms with E-state index in [-0.39, 0.29) is 18.3 Å². The molecular weight excluding hydrogens is 424 g/mol. The number of furan rings is 1. The third-order valence-corrected chi connectivity index (χ3v) is 5.73. The molecule has 0 fully saturated rings. The van der Waals surface area contributed by atoms with Gasteiger partial charge in [0.2, 0.25) is 0 Å². The molecule has 3 aromatic heterocycles. The maximum Gasteiger partial charge on any atom is 0.329 e. The summed E-state index contributed by atoms with van der Waals surface area (Å²) < 4.78 is 12.7. The summed E-state index contributed by atoms with van der Waals surface area (Å²) in [5, 5.41) is 0. The molecule has 0 bridgehead atoms. The minimum Gasteiger partial charge on any atom is -0.464 e. The number of benzene rings is 1. The molecule has 4 aromatic rings. The number of amides is 1. The number of carbonyl (C=O) groups excluding carboxylic acids is 2. The second kappa shape index (κ2) is 8.73. The molecule has 0 aliphatic carbocycles. The zero-order valence-electron chi connectivity index (χ0n) is 17.8. The third kappa shape index (κ3) is 4.02. The van der Waals surface area contributed by atoms with Gasteiger partial charge < -0.3 is 24.4 Å². The van der Waals surface area contributed by atoms with Crippen molar-refractivity contribution >= 4 is 28.9 Å². The second-order valence-corrected chi connectivity index (χ2v) is 7.79. The van der Waals surface area contributed by atoms with Gasteiger partial charge in [-0.05, 0) is 29.7 Å². The fraction of sp³-hybridized carbons (Fsp3) is 0.261. The zero-order valence-corrected chi connectivity index (χ0v) is 17.8. The van der Waals surface area contributed by atoms with Crippen LogP contribution in [-0.2, 0) is 29.0 Å². The highest BCUT2D eigenvalue weighted by Gasteiger charge is 2.36. The number of hydrogen-bond acceptors (Lipinski definition) is 8. The number of esters is 1. The standard InChI is InChI=1S/C23H22N6O4/c24-20-19-21(26-13-25-20)28(14-27-19)8-4-10-33-23(31)17-11-15-5-1-2-6-16(15)12-29(17)22(30)18-7-3-9-32-18/h1-3,5-7,9,13-14,17H,4,8,10-12H2,(H2,24,25,26)/t17-/m0/s1. The van der Waals surface area contributed by atoms with Crippen molar-refractivity contribution in [3.05, 3.63) is 72.2 Å². The fourth-order valence-electron chi connectivity index (χ4n) is 4.06. The number of aromatic nitrogens is 4. The zero-order chi connectivity index (χ0) is 22.8. The molecule has 0 unspecified atom stereocenters. The van der Waals surface area contributed by atoms with Gasteiger partial charge in [0.25, 0.3) is 5.91 Å². The van der Waals surface area contributed by atoms with Crippen molar-refractivity contribution < 1.29 is 18.7 Å². The van der Waals surface area contributed by atoms with E-state index in [0.717, 1.165) is 11.1 Å². The van der Waals surface area contributed by atoms with Crippen LogP contribution >= 0.6 is 0 Å². The lowest BCUT2D eigenvalue weighted by Gasteiger charge is -2.34. The Labute approximate surface area is 189 Å². The van der Waals surface area contributed by atoms with Gasteiger partial charge >= 0.3 is 5.97 Å². The van der Waals surface area contributed by atoms with Crippen LogP contribution in [0, 0.1) is 0 Å². The Morgan fingerprint density at radius 1 is 1.12 bits per heavy atom. The van der Waals surface area contributed by atoms with Crippen LogP contribution in [0.15, 0.2) is 59.7 Å². The molecule has 10 heteroatoms. The molecule has 1 aliphatic rings. The first-order valence-corrected chi connectivity index (χ1v) is 10.6.